The molecule has 1 saturated heterocycles. The summed E-state index contributed by atoms with van der Waals surface area (Å²) in [7, 11) is -0.436. The normalized spacial score (nSPS) is 19.9. The third-order valence-electron chi connectivity index (χ3n) is 4.53. The molecule has 0 radical (unpaired) electrons. The molecule has 0 spiro atoms. The number of ketones is 1. The standard InChI is InChI=1S/C20H21N3O8S/c1-23(2)14-7-3-12(4-8-14)21-22-13-5-9-15(10-6-13)32(28,29)30-11-16(24)19-17(25)18(26)20(27)31-19/h3-10,16,18-19,24,26H,11H2,1-2H3/t16-,18?,19+/m0/s1. The molecule has 3 atom stereocenters. The van der Waals surface area contributed by atoms with Gasteiger partial charge >= 0.3 is 5.97 Å². The molecule has 0 amide bonds. The fraction of sp³-hybridized carbons (Fsp3) is 0.300. The first-order chi connectivity index (χ1) is 15.1. The van der Waals surface area contributed by atoms with Crippen molar-refractivity contribution in [2.75, 3.05) is 25.6 Å². The summed E-state index contributed by atoms with van der Waals surface area (Å²) in [6.07, 6.45) is -5.45. The molecule has 2 aromatic rings. The summed E-state index contributed by atoms with van der Waals surface area (Å²) in [5, 5.41) is 27.3. The number of carbonyl (C=O) groups excluding carboxylic acids is 2. The number of cyclic esters (lactones) is 1. The van der Waals surface area contributed by atoms with Gasteiger partial charge in [0.1, 0.15) is 6.10 Å². The molecular weight excluding hydrogens is 442 g/mol. The zero-order valence-electron chi connectivity index (χ0n) is 17.2. The lowest BCUT2D eigenvalue weighted by atomic mass is 10.1. The van der Waals surface area contributed by atoms with Crippen LogP contribution in [0.5, 0.6) is 0 Å². The fourth-order valence-corrected chi connectivity index (χ4v) is 3.64. The summed E-state index contributed by atoms with van der Waals surface area (Å²) < 4.78 is 33.9. The predicted molar refractivity (Wildman–Crippen MR) is 111 cm³/mol. The van der Waals surface area contributed by atoms with Crippen molar-refractivity contribution in [1.29, 1.82) is 0 Å². The second kappa shape index (κ2) is 9.53. The largest absolute Gasteiger partial charge is 0.449 e. The zero-order chi connectivity index (χ0) is 23.5. The summed E-state index contributed by atoms with van der Waals surface area (Å²) >= 11 is 0. The highest BCUT2D eigenvalue weighted by molar-refractivity contribution is 7.86. The number of hydrogen-bond donors (Lipinski definition) is 2. The molecule has 0 aromatic heterocycles. The van der Waals surface area contributed by atoms with E-state index in [1.165, 1.54) is 24.3 Å². The van der Waals surface area contributed by atoms with Gasteiger partial charge in [-0.1, -0.05) is 0 Å². The maximum absolute atomic E-state index is 12.3. The Bertz CT molecular complexity index is 1110. The highest BCUT2D eigenvalue weighted by atomic mass is 32.2. The summed E-state index contributed by atoms with van der Waals surface area (Å²) in [6, 6.07) is 12.7. The van der Waals surface area contributed by atoms with Gasteiger partial charge < -0.3 is 19.8 Å². The maximum atomic E-state index is 12.3. The van der Waals surface area contributed by atoms with Gasteiger partial charge in [0.2, 0.25) is 11.9 Å². The van der Waals surface area contributed by atoms with E-state index in [1.54, 1.807) is 12.1 Å². The van der Waals surface area contributed by atoms with Crippen LogP contribution < -0.4 is 4.90 Å². The minimum absolute atomic E-state index is 0.214. The fourth-order valence-electron chi connectivity index (χ4n) is 2.71. The topological polar surface area (TPSA) is 155 Å². The van der Waals surface area contributed by atoms with Gasteiger partial charge in [-0.05, 0) is 48.5 Å². The molecule has 0 aliphatic carbocycles. The minimum Gasteiger partial charge on any atom is -0.449 e. The third kappa shape index (κ3) is 5.34. The Labute approximate surface area is 184 Å². The van der Waals surface area contributed by atoms with Crippen molar-refractivity contribution >= 4 is 38.9 Å². The number of aliphatic hydroxyl groups excluding tert-OH is 2. The van der Waals surface area contributed by atoms with Crippen LogP contribution in [-0.4, -0.2) is 69.4 Å². The number of Topliss-reactive ketones (excluding diaryl/α,β-unsaturated/α-hetero) is 1. The van der Waals surface area contributed by atoms with Gasteiger partial charge in [-0.15, -0.1) is 0 Å². The molecular formula is C20H21N3O8S. The van der Waals surface area contributed by atoms with Gasteiger partial charge in [-0.2, -0.15) is 18.6 Å². The smallest absolute Gasteiger partial charge is 0.343 e. The Morgan fingerprint density at radius 1 is 1.03 bits per heavy atom. The number of azo groups is 1. The number of nitrogens with zero attached hydrogens (tertiary/aromatic N) is 3. The molecule has 11 nitrogen and oxygen atoms in total. The van der Waals surface area contributed by atoms with Crippen LogP contribution in [0.15, 0.2) is 63.7 Å². The number of aliphatic hydroxyl groups is 2. The van der Waals surface area contributed by atoms with Gasteiger partial charge in [-0.25, -0.2) is 4.79 Å². The van der Waals surface area contributed by atoms with Crippen LogP contribution in [0.3, 0.4) is 0 Å². The summed E-state index contributed by atoms with van der Waals surface area (Å²) in [5.41, 5.74) is 2.03. The molecule has 2 N–H and O–H groups in total. The predicted octanol–water partition coefficient (Wildman–Crippen LogP) is 1.09. The summed E-state index contributed by atoms with van der Waals surface area (Å²) in [4.78, 5) is 24.5. The molecule has 1 fully saturated rings. The Morgan fingerprint density at radius 3 is 2.03 bits per heavy atom. The Balaban J connectivity index is 1.60. The first-order valence-electron chi connectivity index (χ1n) is 9.37. The highest BCUT2D eigenvalue weighted by Crippen LogP contribution is 2.23. The maximum Gasteiger partial charge on any atom is 0.343 e. The van der Waals surface area contributed by atoms with Crippen LogP contribution in [0.1, 0.15) is 0 Å². The van der Waals surface area contributed by atoms with Crippen LogP contribution in [0.4, 0.5) is 17.1 Å². The average Bonchev–Trinajstić information content (AvgIpc) is 3.04. The van der Waals surface area contributed by atoms with Gasteiger partial charge in [0.25, 0.3) is 10.1 Å². The van der Waals surface area contributed by atoms with Gasteiger partial charge in [0.15, 0.2) is 6.10 Å². The Kier molecular flexibility index (Phi) is 6.99. The van der Waals surface area contributed by atoms with Crippen LogP contribution in [0.2, 0.25) is 0 Å². The molecule has 32 heavy (non-hydrogen) atoms. The summed E-state index contributed by atoms with van der Waals surface area (Å²) in [6.45, 7) is -0.844. The van der Waals surface area contributed by atoms with E-state index in [-0.39, 0.29) is 4.90 Å². The quantitative estimate of drug-likeness (QED) is 0.253. The van der Waals surface area contributed by atoms with E-state index in [9.17, 15) is 28.2 Å². The lowest BCUT2D eigenvalue weighted by Crippen LogP contribution is -2.38. The van der Waals surface area contributed by atoms with Crippen molar-refractivity contribution in [3.8, 4) is 0 Å². The third-order valence-corrected chi connectivity index (χ3v) is 5.83. The first kappa shape index (κ1) is 23.5. The number of hydrogen-bond acceptors (Lipinski definition) is 11. The Hall–Kier alpha value is -3.19. The minimum atomic E-state index is -4.28. The van der Waals surface area contributed by atoms with Crippen LogP contribution >= 0.6 is 0 Å². The summed E-state index contributed by atoms with van der Waals surface area (Å²) in [5.74, 6) is -2.27. The molecule has 1 aliphatic heterocycles. The molecule has 12 heteroatoms. The molecule has 1 unspecified atom stereocenters. The monoisotopic (exact) mass is 463 g/mol. The zero-order valence-corrected chi connectivity index (χ0v) is 18.0. The van der Waals surface area contributed by atoms with Gasteiger partial charge in [-0.3, -0.25) is 8.98 Å². The second-order valence-electron chi connectivity index (χ2n) is 7.07. The van der Waals surface area contributed by atoms with E-state index in [2.05, 4.69) is 15.0 Å². The van der Waals surface area contributed by atoms with E-state index in [1.807, 2.05) is 31.1 Å². The van der Waals surface area contributed by atoms with E-state index in [4.69, 9.17) is 4.18 Å². The number of rotatable bonds is 8. The molecule has 2 aromatic carbocycles. The SMILES string of the molecule is CN(C)c1ccc(N=Nc2ccc(S(=O)(=O)OC[C@H](O)[C@H]3OC(=O)C(O)C3=O)cc2)cc1. The first-order valence-corrected chi connectivity index (χ1v) is 10.8. The van der Waals surface area contributed by atoms with Crippen molar-refractivity contribution in [1.82, 2.24) is 0 Å². The van der Waals surface area contributed by atoms with E-state index < -0.39 is 46.8 Å². The average molecular weight is 463 g/mol. The second-order valence-corrected chi connectivity index (χ2v) is 8.69. The number of anilines is 1. The number of carbonyl (C=O) groups is 2. The van der Waals surface area contributed by atoms with E-state index in [0.29, 0.717) is 11.4 Å². The van der Waals surface area contributed by atoms with Crippen molar-refractivity contribution in [3.63, 3.8) is 0 Å². The lowest BCUT2D eigenvalue weighted by molar-refractivity contribution is -0.151. The van der Waals surface area contributed by atoms with E-state index >= 15 is 0 Å². The van der Waals surface area contributed by atoms with Crippen molar-refractivity contribution in [3.05, 3.63) is 48.5 Å². The van der Waals surface area contributed by atoms with Crippen molar-refractivity contribution in [2.24, 2.45) is 10.2 Å². The number of benzene rings is 2. The molecule has 3 rings (SSSR count). The Morgan fingerprint density at radius 2 is 1.56 bits per heavy atom. The van der Waals surface area contributed by atoms with Gasteiger partial charge in [0, 0.05) is 19.8 Å². The van der Waals surface area contributed by atoms with E-state index in [0.717, 1.165) is 5.69 Å². The molecule has 170 valence electrons. The number of ether oxygens (including phenoxy) is 1. The van der Waals surface area contributed by atoms with Crippen LogP contribution in [-0.2, 0) is 28.6 Å². The van der Waals surface area contributed by atoms with Crippen LogP contribution in [0, 0.1) is 0 Å². The molecule has 1 aliphatic rings. The molecule has 0 bridgehead atoms. The number of esters is 1. The van der Waals surface area contributed by atoms with Gasteiger partial charge in [0.05, 0.1) is 22.9 Å². The van der Waals surface area contributed by atoms with Crippen LogP contribution in [0.25, 0.3) is 0 Å². The lowest BCUT2D eigenvalue weighted by Gasteiger charge is -2.15. The van der Waals surface area contributed by atoms with Crippen molar-refractivity contribution < 1.29 is 37.1 Å². The highest BCUT2D eigenvalue weighted by Gasteiger charge is 2.46. The van der Waals surface area contributed by atoms with Crippen molar-refractivity contribution in [2.45, 2.75) is 23.2 Å². The molecule has 0 saturated carbocycles. The molecule has 1 heterocycles.